The average Bonchev–Trinajstić information content (AvgIpc) is 2.29. The molecule has 1 unspecified atom stereocenters. The minimum atomic E-state index is -1.53. The van der Waals surface area contributed by atoms with Crippen LogP contribution >= 0.6 is 0 Å². The fourth-order valence-electron chi connectivity index (χ4n) is 1.71. The van der Waals surface area contributed by atoms with Gasteiger partial charge in [-0.3, -0.25) is 0 Å². The molecule has 0 radical (unpaired) electrons. The average molecular weight is 273 g/mol. The molecule has 0 fully saturated rings. The third-order valence-electron chi connectivity index (χ3n) is 2.58. The molecule has 0 aliphatic heterocycles. The zero-order valence-corrected chi connectivity index (χ0v) is 10.8. The highest BCUT2D eigenvalue weighted by Crippen LogP contribution is 2.21. The molecule has 1 atom stereocenters. The van der Waals surface area contributed by atoms with Crippen LogP contribution < -0.4 is 5.32 Å². The summed E-state index contributed by atoms with van der Waals surface area (Å²) in [6.45, 7) is 3.94. The number of carbonyl (C=O) groups is 1. The summed E-state index contributed by atoms with van der Waals surface area (Å²) in [5.41, 5.74) is -0.879. The summed E-state index contributed by atoms with van der Waals surface area (Å²) in [5, 5.41) is 20.8. The van der Waals surface area contributed by atoms with Gasteiger partial charge < -0.3 is 15.5 Å². The Kier molecular flexibility index (Phi) is 5.23. The molecular formula is C13H17F2NO3. The summed E-state index contributed by atoms with van der Waals surface area (Å²) in [5.74, 6) is -3.90. The molecule has 0 heterocycles. The van der Waals surface area contributed by atoms with E-state index in [4.69, 9.17) is 5.11 Å². The lowest BCUT2D eigenvalue weighted by Gasteiger charge is -2.15. The fourth-order valence-corrected chi connectivity index (χ4v) is 1.71. The summed E-state index contributed by atoms with van der Waals surface area (Å²) < 4.78 is 26.9. The number of aliphatic hydroxyl groups excluding tert-OH is 1. The molecular weight excluding hydrogens is 256 g/mol. The van der Waals surface area contributed by atoms with E-state index in [-0.39, 0.29) is 18.2 Å². The predicted molar refractivity (Wildman–Crippen MR) is 67.3 cm³/mol. The summed E-state index contributed by atoms with van der Waals surface area (Å²) in [6.07, 6.45) is -0.147. The molecule has 3 N–H and O–H groups in total. The molecule has 6 heteroatoms. The molecule has 1 aromatic rings. The van der Waals surface area contributed by atoms with Gasteiger partial charge in [-0.05, 0) is 24.5 Å². The number of halogens is 2. The van der Waals surface area contributed by atoms with E-state index in [1.54, 1.807) is 0 Å². The lowest BCUT2D eigenvalue weighted by atomic mass is 10.1. The van der Waals surface area contributed by atoms with Crippen LogP contribution in [0.4, 0.5) is 14.5 Å². The second kappa shape index (κ2) is 6.47. The van der Waals surface area contributed by atoms with Crippen LogP contribution in [0.25, 0.3) is 0 Å². The van der Waals surface area contributed by atoms with Crippen LogP contribution in [0.15, 0.2) is 12.1 Å². The molecule has 0 bridgehead atoms. The summed E-state index contributed by atoms with van der Waals surface area (Å²) in [4.78, 5) is 10.6. The topological polar surface area (TPSA) is 69.6 Å². The first-order chi connectivity index (χ1) is 8.82. The highest BCUT2D eigenvalue weighted by atomic mass is 19.2. The van der Waals surface area contributed by atoms with Crippen LogP contribution in [0.2, 0.25) is 0 Å². The minimum absolute atomic E-state index is 0.0704. The Labute approximate surface area is 110 Å². The van der Waals surface area contributed by atoms with Gasteiger partial charge in [0.05, 0.1) is 17.4 Å². The van der Waals surface area contributed by atoms with Gasteiger partial charge in [0.15, 0.2) is 11.6 Å². The van der Waals surface area contributed by atoms with Crippen molar-refractivity contribution < 1.29 is 23.8 Å². The maximum atomic E-state index is 13.6. The molecule has 1 aromatic carbocycles. The van der Waals surface area contributed by atoms with Gasteiger partial charge in [-0.25, -0.2) is 13.6 Å². The lowest BCUT2D eigenvalue weighted by molar-refractivity contribution is 0.0690. The number of benzene rings is 1. The van der Waals surface area contributed by atoms with Crippen molar-refractivity contribution in [1.82, 2.24) is 0 Å². The van der Waals surface area contributed by atoms with Gasteiger partial charge in [0, 0.05) is 6.54 Å². The minimum Gasteiger partial charge on any atom is -0.478 e. The van der Waals surface area contributed by atoms with Crippen molar-refractivity contribution in [1.29, 1.82) is 0 Å². The molecule has 0 aliphatic carbocycles. The smallest absolute Gasteiger partial charge is 0.338 e. The van der Waals surface area contributed by atoms with E-state index in [0.717, 1.165) is 12.1 Å². The van der Waals surface area contributed by atoms with Crippen LogP contribution in [-0.2, 0) is 0 Å². The van der Waals surface area contributed by atoms with E-state index < -0.39 is 29.3 Å². The first-order valence-electron chi connectivity index (χ1n) is 5.96. The fraction of sp³-hybridized carbons (Fsp3) is 0.462. The molecule has 19 heavy (non-hydrogen) atoms. The third-order valence-corrected chi connectivity index (χ3v) is 2.58. The van der Waals surface area contributed by atoms with Gasteiger partial charge in [0.25, 0.3) is 0 Å². The summed E-state index contributed by atoms with van der Waals surface area (Å²) in [6, 6.07) is 2.13. The number of rotatable bonds is 6. The van der Waals surface area contributed by atoms with E-state index in [2.05, 4.69) is 5.32 Å². The third kappa shape index (κ3) is 4.17. The molecule has 106 valence electrons. The molecule has 0 saturated heterocycles. The summed E-state index contributed by atoms with van der Waals surface area (Å²) >= 11 is 0. The van der Waals surface area contributed by atoms with E-state index in [1.165, 1.54) is 0 Å². The highest BCUT2D eigenvalue weighted by molar-refractivity contribution is 5.88. The normalized spacial score (nSPS) is 12.5. The van der Waals surface area contributed by atoms with E-state index in [0.29, 0.717) is 6.42 Å². The molecule has 1 rings (SSSR count). The van der Waals surface area contributed by atoms with Crippen molar-refractivity contribution in [3.05, 3.63) is 29.3 Å². The van der Waals surface area contributed by atoms with E-state index in [1.807, 2.05) is 13.8 Å². The highest BCUT2D eigenvalue weighted by Gasteiger charge is 2.18. The second-order valence-electron chi connectivity index (χ2n) is 4.76. The molecule has 0 aromatic heterocycles. The lowest BCUT2D eigenvalue weighted by Crippen LogP contribution is -2.22. The number of nitrogens with one attached hydrogen (secondary N) is 1. The van der Waals surface area contributed by atoms with Gasteiger partial charge in [0.2, 0.25) is 0 Å². The van der Waals surface area contributed by atoms with Crippen molar-refractivity contribution >= 4 is 11.7 Å². The van der Waals surface area contributed by atoms with Crippen molar-refractivity contribution in [2.75, 3.05) is 11.9 Å². The number of anilines is 1. The number of carboxylic acid groups (broad SMARTS) is 1. The molecule has 4 nitrogen and oxygen atoms in total. The van der Waals surface area contributed by atoms with Gasteiger partial charge >= 0.3 is 5.97 Å². The van der Waals surface area contributed by atoms with Crippen molar-refractivity contribution in [2.24, 2.45) is 5.92 Å². The Hall–Kier alpha value is -1.69. The van der Waals surface area contributed by atoms with Crippen LogP contribution in [0, 0.1) is 17.6 Å². The SMILES string of the molecule is CC(C)CC(O)CNc1ccc(C(=O)O)c(F)c1F. The number of hydrogen-bond donors (Lipinski definition) is 3. The number of hydrogen-bond acceptors (Lipinski definition) is 3. The van der Waals surface area contributed by atoms with Gasteiger partial charge in [0.1, 0.15) is 0 Å². The van der Waals surface area contributed by atoms with Crippen LogP contribution in [-0.4, -0.2) is 28.8 Å². The summed E-state index contributed by atoms with van der Waals surface area (Å²) in [7, 11) is 0. The maximum absolute atomic E-state index is 13.6. The molecule has 0 aliphatic rings. The Morgan fingerprint density at radius 2 is 1.95 bits per heavy atom. The van der Waals surface area contributed by atoms with E-state index in [9.17, 15) is 18.7 Å². The molecule has 0 saturated carbocycles. The zero-order valence-electron chi connectivity index (χ0n) is 10.8. The number of aromatic carboxylic acids is 1. The Balaban J connectivity index is 2.75. The van der Waals surface area contributed by atoms with Crippen molar-refractivity contribution in [2.45, 2.75) is 26.4 Å². The largest absolute Gasteiger partial charge is 0.478 e. The van der Waals surface area contributed by atoms with E-state index >= 15 is 0 Å². The van der Waals surface area contributed by atoms with Crippen LogP contribution in [0.3, 0.4) is 0 Å². The monoisotopic (exact) mass is 273 g/mol. The second-order valence-corrected chi connectivity index (χ2v) is 4.76. The quantitative estimate of drug-likeness (QED) is 0.744. The van der Waals surface area contributed by atoms with Crippen LogP contribution in [0.5, 0.6) is 0 Å². The van der Waals surface area contributed by atoms with Gasteiger partial charge in [-0.1, -0.05) is 13.8 Å². The molecule has 0 spiro atoms. The first kappa shape index (κ1) is 15.4. The molecule has 0 amide bonds. The van der Waals surface area contributed by atoms with Crippen molar-refractivity contribution in [3.63, 3.8) is 0 Å². The number of aliphatic hydroxyl groups is 1. The Bertz CT molecular complexity index is 463. The Morgan fingerprint density at radius 1 is 1.32 bits per heavy atom. The predicted octanol–water partition coefficient (Wildman–Crippen LogP) is 2.48. The first-order valence-corrected chi connectivity index (χ1v) is 5.96. The van der Waals surface area contributed by atoms with Crippen LogP contribution in [0.1, 0.15) is 30.6 Å². The standard InChI is InChI=1S/C13H17F2NO3/c1-7(2)5-8(17)6-16-10-4-3-9(13(18)19)11(14)12(10)15/h3-4,7-8,16-17H,5-6H2,1-2H3,(H,18,19). The Morgan fingerprint density at radius 3 is 2.47 bits per heavy atom. The van der Waals surface area contributed by atoms with Crippen molar-refractivity contribution in [3.8, 4) is 0 Å². The zero-order chi connectivity index (χ0) is 14.6. The maximum Gasteiger partial charge on any atom is 0.338 e. The van der Waals surface area contributed by atoms with Gasteiger partial charge in [-0.2, -0.15) is 0 Å². The van der Waals surface area contributed by atoms with Gasteiger partial charge in [-0.15, -0.1) is 0 Å². The number of carboxylic acids is 1.